The summed E-state index contributed by atoms with van der Waals surface area (Å²) in [6.07, 6.45) is 6.26. The Balaban J connectivity index is 2.08. The Kier molecular flexibility index (Phi) is 5.69. The Bertz CT molecular complexity index is 534. The number of amides is 1. The molecule has 0 aliphatic heterocycles. The molecule has 1 aliphatic carbocycles. The Morgan fingerprint density at radius 2 is 1.91 bits per heavy atom. The van der Waals surface area contributed by atoms with Crippen LogP contribution in [0.25, 0.3) is 0 Å². The fourth-order valence-corrected chi connectivity index (χ4v) is 3.72. The summed E-state index contributed by atoms with van der Waals surface area (Å²) in [5.74, 6) is 0.872. The lowest BCUT2D eigenvalue weighted by Crippen LogP contribution is -2.45. The van der Waals surface area contributed by atoms with Gasteiger partial charge >= 0.3 is 0 Å². The number of carbonyl (C=O) groups is 1. The maximum atomic E-state index is 12.7. The molecule has 1 aromatic rings. The van der Waals surface area contributed by atoms with Crippen molar-refractivity contribution in [3.05, 3.63) is 29.8 Å². The zero-order valence-electron chi connectivity index (χ0n) is 14.7. The Hall–Kier alpha value is -1.55. The smallest absolute Gasteiger partial charge is 0.221 e. The zero-order valence-corrected chi connectivity index (χ0v) is 14.7. The molecule has 3 N–H and O–H groups in total. The highest BCUT2D eigenvalue weighted by Gasteiger charge is 2.35. The minimum Gasteiger partial charge on any atom is -0.496 e. The van der Waals surface area contributed by atoms with Gasteiger partial charge in [0.1, 0.15) is 5.75 Å². The van der Waals surface area contributed by atoms with E-state index in [9.17, 15) is 4.79 Å². The van der Waals surface area contributed by atoms with E-state index in [0.29, 0.717) is 13.0 Å². The number of hydrogen-bond acceptors (Lipinski definition) is 3. The molecule has 0 radical (unpaired) electrons. The van der Waals surface area contributed by atoms with Crippen molar-refractivity contribution in [2.75, 3.05) is 13.7 Å². The Morgan fingerprint density at radius 1 is 1.26 bits per heavy atom. The molecular weight excluding hydrogens is 288 g/mol. The second-order valence-electron chi connectivity index (χ2n) is 7.32. The molecule has 4 heteroatoms. The predicted octanol–water partition coefficient (Wildman–Crippen LogP) is 3.35. The number of rotatable bonds is 6. The molecule has 0 spiro atoms. The molecule has 0 heterocycles. The summed E-state index contributed by atoms with van der Waals surface area (Å²) in [6, 6.07) is 7.82. The standard InChI is InChI=1S/C19H30N2O2/c1-18(2,15-9-5-6-10-16(15)23-3)21-17(22)13-19(14-20)11-7-4-8-12-19/h5-6,9-10H,4,7-8,11-14,20H2,1-3H3,(H,21,22). The first-order valence-corrected chi connectivity index (χ1v) is 8.57. The van der Waals surface area contributed by atoms with Crippen LogP contribution in [0, 0.1) is 5.41 Å². The Morgan fingerprint density at radius 3 is 2.52 bits per heavy atom. The lowest BCUT2D eigenvalue weighted by atomic mass is 9.71. The third kappa shape index (κ3) is 4.25. The van der Waals surface area contributed by atoms with E-state index in [2.05, 4.69) is 5.32 Å². The van der Waals surface area contributed by atoms with Crippen molar-refractivity contribution in [1.29, 1.82) is 0 Å². The van der Waals surface area contributed by atoms with E-state index in [-0.39, 0.29) is 11.3 Å². The number of para-hydroxylation sites is 1. The highest BCUT2D eigenvalue weighted by molar-refractivity contribution is 5.78. The van der Waals surface area contributed by atoms with Crippen LogP contribution >= 0.6 is 0 Å². The summed E-state index contributed by atoms with van der Waals surface area (Å²) in [6.45, 7) is 4.62. The molecule has 1 aliphatic rings. The second-order valence-corrected chi connectivity index (χ2v) is 7.32. The molecule has 1 amide bonds. The normalized spacial score (nSPS) is 17.6. The van der Waals surface area contributed by atoms with Gasteiger partial charge in [0.25, 0.3) is 0 Å². The molecule has 1 saturated carbocycles. The van der Waals surface area contributed by atoms with Gasteiger partial charge < -0.3 is 15.8 Å². The molecule has 23 heavy (non-hydrogen) atoms. The molecule has 0 saturated heterocycles. The molecule has 0 aromatic heterocycles. The fraction of sp³-hybridized carbons (Fsp3) is 0.632. The molecule has 0 atom stereocenters. The van der Waals surface area contributed by atoms with E-state index in [0.717, 1.165) is 24.2 Å². The predicted molar refractivity (Wildman–Crippen MR) is 93.4 cm³/mol. The van der Waals surface area contributed by atoms with Crippen LogP contribution in [0.2, 0.25) is 0 Å². The largest absolute Gasteiger partial charge is 0.496 e. The number of ether oxygens (including phenoxy) is 1. The molecular formula is C19H30N2O2. The molecule has 1 fully saturated rings. The number of benzene rings is 1. The van der Waals surface area contributed by atoms with E-state index in [1.54, 1.807) is 7.11 Å². The average Bonchev–Trinajstić information content (AvgIpc) is 2.55. The number of hydrogen-bond donors (Lipinski definition) is 2. The van der Waals surface area contributed by atoms with Crippen molar-refractivity contribution in [1.82, 2.24) is 5.32 Å². The molecule has 4 nitrogen and oxygen atoms in total. The van der Waals surface area contributed by atoms with Crippen LogP contribution < -0.4 is 15.8 Å². The van der Waals surface area contributed by atoms with Gasteiger partial charge in [0.2, 0.25) is 5.91 Å². The number of nitrogens with one attached hydrogen (secondary N) is 1. The first-order chi connectivity index (χ1) is 10.9. The van der Waals surface area contributed by atoms with Gasteiger partial charge in [-0.25, -0.2) is 0 Å². The monoisotopic (exact) mass is 318 g/mol. The van der Waals surface area contributed by atoms with Gasteiger partial charge in [0, 0.05) is 12.0 Å². The first kappa shape index (κ1) is 17.8. The topological polar surface area (TPSA) is 64.3 Å². The lowest BCUT2D eigenvalue weighted by Gasteiger charge is -2.37. The van der Waals surface area contributed by atoms with E-state index in [1.807, 2.05) is 38.1 Å². The number of methoxy groups -OCH3 is 1. The van der Waals surface area contributed by atoms with Gasteiger partial charge in [-0.15, -0.1) is 0 Å². The molecule has 0 unspecified atom stereocenters. The van der Waals surface area contributed by atoms with Gasteiger partial charge in [-0.1, -0.05) is 37.5 Å². The molecule has 128 valence electrons. The summed E-state index contributed by atoms with van der Waals surface area (Å²) < 4.78 is 5.43. The molecule has 1 aromatic carbocycles. The van der Waals surface area contributed by atoms with Gasteiger partial charge in [0.15, 0.2) is 0 Å². The van der Waals surface area contributed by atoms with Gasteiger partial charge in [-0.3, -0.25) is 4.79 Å². The zero-order chi connectivity index (χ0) is 16.9. The third-order valence-corrected chi connectivity index (χ3v) is 5.12. The first-order valence-electron chi connectivity index (χ1n) is 8.57. The van der Waals surface area contributed by atoms with Gasteiger partial charge in [-0.2, -0.15) is 0 Å². The van der Waals surface area contributed by atoms with Crippen molar-refractivity contribution >= 4 is 5.91 Å². The highest BCUT2D eigenvalue weighted by atomic mass is 16.5. The van der Waals surface area contributed by atoms with E-state index < -0.39 is 5.54 Å². The maximum absolute atomic E-state index is 12.7. The van der Waals surface area contributed by atoms with E-state index in [1.165, 1.54) is 19.3 Å². The van der Waals surface area contributed by atoms with Crippen molar-refractivity contribution in [3.63, 3.8) is 0 Å². The molecule has 2 rings (SSSR count). The minimum absolute atomic E-state index is 0.0147. The van der Waals surface area contributed by atoms with Crippen LogP contribution in [0.15, 0.2) is 24.3 Å². The number of nitrogens with two attached hydrogens (primary N) is 1. The minimum atomic E-state index is -0.478. The SMILES string of the molecule is COc1ccccc1C(C)(C)NC(=O)CC1(CN)CCCCC1. The van der Waals surface area contributed by atoms with Crippen LogP contribution in [0.4, 0.5) is 0 Å². The highest BCUT2D eigenvalue weighted by Crippen LogP contribution is 2.39. The summed E-state index contributed by atoms with van der Waals surface area (Å²) in [7, 11) is 1.65. The quantitative estimate of drug-likeness (QED) is 0.845. The van der Waals surface area contributed by atoms with Crippen LogP contribution in [0.1, 0.15) is 57.9 Å². The van der Waals surface area contributed by atoms with Gasteiger partial charge in [0.05, 0.1) is 12.6 Å². The van der Waals surface area contributed by atoms with E-state index in [4.69, 9.17) is 10.5 Å². The van der Waals surface area contributed by atoms with Crippen molar-refractivity contribution < 1.29 is 9.53 Å². The van der Waals surface area contributed by atoms with Crippen LogP contribution in [-0.4, -0.2) is 19.6 Å². The van der Waals surface area contributed by atoms with Crippen LogP contribution in [0.5, 0.6) is 5.75 Å². The number of carbonyl (C=O) groups excluding carboxylic acids is 1. The maximum Gasteiger partial charge on any atom is 0.221 e. The average molecular weight is 318 g/mol. The summed E-state index contributed by atoms with van der Waals surface area (Å²) in [5, 5.41) is 3.18. The summed E-state index contributed by atoms with van der Waals surface area (Å²) in [5.41, 5.74) is 6.50. The van der Waals surface area contributed by atoms with Gasteiger partial charge in [-0.05, 0) is 44.7 Å². The van der Waals surface area contributed by atoms with Crippen LogP contribution in [0.3, 0.4) is 0 Å². The molecule has 0 bridgehead atoms. The van der Waals surface area contributed by atoms with Crippen molar-refractivity contribution in [2.45, 2.75) is 57.9 Å². The second kappa shape index (κ2) is 7.35. The third-order valence-electron chi connectivity index (χ3n) is 5.12. The lowest BCUT2D eigenvalue weighted by molar-refractivity contribution is -0.125. The van der Waals surface area contributed by atoms with Crippen LogP contribution in [-0.2, 0) is 10.3 Å². The summed E-state index contributed by atoms with van der Waals surface area (Å²) in [4.78, 5) is 12.7. The van der Waals surface area contributed by atoms with Crippen molar-refractivity contribution in [2.24, 2.45) is 11.1 Å². The van der Waals surface area contributed by atoms with E-state index >= 15 is 0 Å². The van der Waals surface area contributed by atoms with Crippen molar-refractivity contribution in [3.8, 4) is 5.75 Å². The Labute approximate surface area is 139 Å². The fourth-order valence-electron chi connectivity index (χ4n) is 3.72. The summed E-state index contributed by atoms with van der Waals surface area (Å²) >= 11 is 0.